The lowest BCUT2D eigenvalue weighted by atomic mass is 9.80. The van der Waals surface area contributed by atoms with E-state index in [1.54, 1.807) is 5.57 Å². The first kappa shape index (κ1) is 11.8. The van der Waals surface area contributed by atoms with Crippen LogP contribution in [0.2, 0.25) is 0 Å². The van der Waals surface area contributed by atoms with E-state index in [9.17, 15) is 0 Å². The van der Waals surface area contributed by atoms with Crippen molar-refractivity contribution in [3.05, 3.63) is 11.6 Å². The molecule has 0 aromatic carbocycles. The maximum atomic E-state index is 2.48. The van der Waals surface area contributed by atoms with Crippen molar-refractivity contribution in [2.75, 3.05) is 0 Å². The third-order valence-corrected chi connectivity index (χ3v) is 4.02. The fourth-order valence-electron chi connectivity index (χ4n) is 2.73. The minimum absolute atomic E-state index is 0.497. The van der Waals surface area contributed by atoms with E-state index in [0.717, 1.165) is 11.8 Å². The van der Waals surface area contributed by atoms with Crippen LogP contribution in [0.4, 0.5) is 0 Å². The molecule has 3 atom stereocenters. The van der Waals surface area contributed by atoms with E-state index >= 15 is 0 Å². The van der Waals surface area contributed by atoms with Crippen LogP contribution in [0.15, 0.2) is 11.6 Å². The second-order valence-corrected chi connectivity index (χ2v) is 5.34. The van der Waals surface area contributed by atoms with Gasteiger partial charge in [-0.25, -0.2) is 0 Å². The molecule has 0 heterocycles. The van der Waals surface area contributed by atoms with Crippen molar-refractivity contribution in [2.24, 2.45) is 17.3 Å². The molecule has 3 unspecified atom stereocenters. The Morgan fingerprint density at radius 2 is 1.93 bits per heavy atom. The Morgan fingerprint density at radius 1 is 1.29 bits per heavy atom. The topological polar surface area (TPSA) is 0 Å². The third-order valence-electron chi connectivity index (χ3n) is 4.02. The fraction of sp³-hybridized carbons (Fsp3) is 0.857. The summed E-state index contributed by atoms with van der Waals surface area (Å²) in [5, 5.41) is 0. The Labute approximate surface area is 89.8 Å². The number of hydrogen-bond acceptors (Lipinski definition) is 0. The van der Waals surface area contributed by atoms with E-state index in [1.807, 2.05) is 0 Å². The molecule has 1 aliphatic rings. The molecule has 0 amide bonds. The summed E-state index contributed by atoms with van der Waals surface area (Å²) < 4.78 is 0. The SMILES string of the molecule is CCCC(C)CC(C)C1(C)C=C1CC. The first-order valence-corrected chi connectivity index (χ1v) is 6.26. The van der Waals surface area contributed by atoms with Crippen molar-refractivity contribution >= 4 is 0 Å². The van der Waals surface area contributed by atoms with Crippen molar-refractivity contribution in [1.82, 2.24) is 0 Å². The average molecular weight is 194 g/mol. The first-order valence-electron chi connectivity index (χ1n) is 6.26. The zero-order chi connectivity index (χ0) is 10.8. The summed E-state index contributed by atoms with van der Waals surface area (Å²) in [5.41, 5.74) is 2.19. The van der Waals surface area contributed by atoms with Gasteiger partial charge < -0.3 is 0 Å². The van der Waals surface area contributed by atoms with Crippen LogP contribution in [0.25, 0.3) is 0 Å². The highest BCUT2D eigenvalue weighted by molar-refractivity contribution is 5.38. The van der Waals surface area contributed by atoms with Crippen LogP contribution < -0.4 is 0 Å². The van der Waals surface area contributed by atoms with Crippen molar-refractivity contribution in [3.8, 4) is 0 Å². The van der Waals surface area contributed by atoms with E-state index < -0.39 is 0 Å². The van der Waals surface area contributed by atoms with Crippen LogP contribution in [0.5, 0.6) is 0 Å². The number of rotatable bonds is 6. The molecule has 1 rings (SSSR count). The fourth-order valence-corrected chi connectivity index (χ4v) is 2.73. The highest BCUT2D eigenvalue weighted by atomic mass is 14.5. The second kappa shape index (κ2) is 4.51. The molecule has 0 fully saturated rings. The van der Waals surface area contributed by atoms with Crippen LogP contribution in [0.3, 0.4) is 0 Å². The minimum atomic E-state index is 0.497. The van der Waals surface area contributed by atoms with Gasteiger partial charge in [0.05, 0.1) is 0 Å². The van der Waals surface area contributed by atoms with Crippen LogP contribution in [-0.4, -0.2) is 0 Å². The zero-order valence-corrected chi connectivity index (χ0v) is 10.6. The van der Waals surface area contributed by atoms with Gasteiger partial charge in [0.15, 0.2) is 0 Å². The van der Waals surface area contributed by atoms with Crippen LogP contribution in [-0.2, 0) is 0 Å². The molecule has 1 aliphatic carbocycles. The van der Waals surface area contributed by atoms with Gasteiger partial charge in [-0.1, -0.05) is 59.1 Å². The minimum Gasteiger partial charge on any atom is -0.0742 e. The predicted octanol–water partition coefficient (Wildman–Crippen LogP) is 4.81. The zero-order valence-electron chi connectivity index (χ0n) is 10.6. The third kappa shape index (κ3) is 2.40. The number of hydrogen-bond donors (Lipinski definition) is 0. The van der Waals surface area contributed by atoms with Gasteiger partial charge in [-0.15, -0.1) is 0 Å². The van der Waals surface area contributed by atoms with E-state index in [0.29, 0.717) is 5.41 Å². The maximum absolute atomic E-state index is 2.48. The molecular weight excluding hydrogens is 168 g/mol. The Bertz CT molecular complexity index is 214. The molecule has 0 nitrogen and oxygen atoms in total. The van der Waals surface area contributed by atoms with E-state index in [1.165, 1.54) is 25.7 Å². The molecule has 0 radical (unpaired) electrons. The van der Waals surface area contributed by atoms with Crippen molar-refractivity contribution in [2.45, 2.75) is 60.3 Å². The van der Waals surface area contributed by atoms with Gasteiger partial charge in [0.25, 0.3) is 0 Å². The van der Waals surface area contributed by atoms with Crippen LogP contribution in [0.1, 0.15) is 60.3 Å². The summed E-state index contributed by atoms with van der Waals surface area (Å²) in [4.78, 5) is 0. The molecule has 0 bridgehead atoms. The summed E-state index contributed by atoms with van der Waals surface area (Å²) in [7, 11) is 0. The molecular formula is C14H26. The van der Waals surface area contributed by atoms with Crippen molar-refractivity contribution in [3.63, 3.8) is 0 Å². The normalized spacial score (nSPS) is 29.6. The van der Waals surface area contributed by atoms with Crippen molar-refractivity contribution in [1.29, 1.82) is 0 Å². The smallest absolute Gasteiger partial charge is 0.00913 e. The Hall–Kier alpha value is -0.260. The van der Waals surface area contributed by atoms with E-state index in [4.69, 9.17) is 0 Å². The molecule has 0 heteroatoms. The molecule has 14 heavy (non-hydrogen) atoms. The van der Waals surface area contributed by atoms with E-state index in [2.05, 4.69) is 40.7 Å². The standard InChI is InChI=1S/C14H26/c1-6-8-11(3)9-12(4)14(5)10-13(14)7-2/h10-12H,6-9H2,1-5H3. The highest BCUT2D eigenvalue weighted by Gasteiger charge is 2.42. The van der Waals surface area contributed by atoms with Gasteiger partial charge in [-0.3, -0.25) is 0 Å². The molecule has 0 saturated carbocycles. The Kier molecular flexibility index (Phi) is 3.80. The highest BCUT2D eigenvalue weighted by Crippen LogP contribution is 2.53. The van der Waals surface area contributed by atoms with Gasteiger partial charge >= 0.3 is 0 Å². The summed E-state index contributed by atoms with van der Waals surface area (Å²) in [6.45, 7) is 11.8. The molecule has 0 saturated heterocycles. The summed E-state index contributed by atoms with van der Waals surface area (Å²) in [6, 6.07) is 0. The van der Waals surface area contributed by atoms with Crippen LogP contribution >= 0.6 is 0 Å². The molecule has 0 N–H and O–H groups in total. The van der Waals surface area contributed by atoms with E-state index in [-0.39, 0.29) is 0 Å². The monoisotopic (exact) mass is 194 g/mol. The molecule has 82 valence electrons. The van der Waals surface area contributed by atoms with Gasteiger partial charge in [0.2, 0.25) is 0 Å². The second-order valence-electron chi connectivity index (χ2n) is 5.34. The molecule has 0 spiro atoms. The lowest BCUT2D eigenvalue weighted by molar-refractivity contribution is 0.301. The van der Waals surface area contributed by atoms with Gasteiger partial charge in [-0.2, -0.15) is 0 Å². The molecule has 0 aliphatic heterocycles. The van der Waals surface area contributed by atoms with Crippen molar-refractivity contribution < 1.29 is 0 Å². The van der Waals surface area contributed by atoms with Gasteiger partial charge in [-0.05, 0) is 24.7 Å². The summed E-state index contributed by atoms with van der Waals surface area (Å²) in [5.74, 6) is 1.75. The first-order chi connectivity index (χ1) is 6.54. The largest absolute Gasteiger partial charge is 0.0742 e. The Balaban J connectivity index is 2.33. The average Bonchev–Trinajstić information content (AvgIpc) is 2.79. The lowest BCUT2D eigenvalue weighted by Gasteiger charge is -2.24. The molecule has 0 aromatic heterocycles. The maximum Gasteiger partial charge on any atom is 0.00913 e. The quantitative estimate of drug-likeness (QED) is 0.532. The summed E-state index contributed by atoms with van der Waals surface area (Å²) in [6.07, 6.45) is 7.85. The summed E-state index contributed by atoms with van der Waals surface area (Å²) >= 11 is 0. The predicted molar refractivity (Wildman–Crippen MR) is 64.3 cm³/mol. The van der Waals surface area contributed by atoms with Gasteiger partial charge in [0, 0.05) is 5.41 Å². The van der Waals surface area contributed by atoms with Gasteiger partial charge in [0.1, 0.15) is 0 Å². The van der Waals surface area contributed by atoms with Crippen LogP contribution in [0, 0.1) is 17.3 Å². The molecule has 0 aromatic rings. The lowest BCUT2D eigenvalue weighted by Crippen LogP contribution is -2.15. The Morgan fingerprint density at radius 3 is 2.36 bits per heavy atom. The number of allylic oxidation sites excluding steroid dienone is 2.